The standard InChI is InChI=1S/C15H14BrClN6O/c1-10-12(16)7-22(20-10)8-14(24)19-15-18-9-23(21-15)6-11-4-2-3-5-13(11)17/h2-5,7,9H,6,8H2,1H3,(H,19,21,24). The molecule has 0 bridgehead atoms. The number of amides is 1. The Balaban J connectivity index is 1.61. The summed E-state index contributed by atoms with van der Waals surface area (Å²) in [5.41, 5.74) is 1.75. The van der Waals surface area contributed by atoms with E-state index in [4.69, 9.17) is 11.6 Å². The van der Waals surface area contributed by atoms with E-state index in [1.54, 1.807) is 21.9 Å². The third-order valence-electron chi connectivity index (χ3n) is 3.27. The minimum Gasteiger partial charge on any atom is -0.292 e. The fourth-order valence-corrected chi connectivity index (χ4v) is 2.63. The van der Waals surface area contributed by atoms with Crippen LogP contribution in [-0.4, -0.2) is 30.5 Å². The molecule has 0 atom stereocenters. The Labute approximate surface area is 151 Å². The van der Waals surface area contributed by atoms with E-state index in [1.807, 2.05) is 31.2 Å². The first-order valence-corrected chi connectivity index (χ1v) is 8.30. The predicted molar refractivity (Wildman–Crippen MR) is 93.9 cm³/mol. The number of hydrogen-bond donors (Lipinski definition) is 1. The van der Waals surface area contributed by atoms with Crippen LogP contribution in [0.3, 0.4) is 0 Å². The van der Waals surface area contributed by atoms with Gasteiger partial charge in [0.05, 0.1) is 16.7 Å². The highest BCUT2D eigenvalue weighted by Crippen LogP contribution is 2.16. The van der Waals surface area contributed by atoms with Crippen molar-refractivity contribution in [2.45, 2.75) is 20.0 Å². The molecule has 3 rings (SSSR count). The number of nitrogens with zero attached hydrogens (tertiary/aromatic N) is 5. The van der Waals surface area contributed by atoms with Crippen molar-refractivity contribution in [1.29, 1.82) is 0 Å². The molecule has 0 fully saturated rings. The maximum Gasteiger partial charge on any atom is 0.248 e. The number of aryl methyl sites for hydroxylation is 1. The number of aromatic nitrogens is 5. The molecule has 124 valence electrons. The number of carbonyl (C=O) groups is 1. The monoisotopic (exact) mass is 408 g/mol. The van der Waals surface area contributed by atoms with Gasteiger partial charge in [0.1, 0.15) is 12.9 Å². The van der Waals surface area contributed by atoms with Gasteiger partial charge in [-0.3, -0.25) is 14.8 Å². The van der Waals surface area contributed by atoms with Crippen molar-refractivity contribution in [1.82, 2.24) is 24.5 Å². The summed E-state index contributed by atoms with van der Waals surface area (Å²) in [5.74, 6) is -0.00418. The van der Waals surface area contributed by atoms with Crippen LogP contribution in [0, 0.1) is 6.92 Å². The van der Waals surface area contributed by atoms with E-state index in [0.29, 0.717) is 11.6 Å². The smallest absolute Gasteiger partial charge is 0.248 e. The molecule has 9 heteroatoms. The molecule has 24 heavy (non-hydrogen) atoms. The first-order valence-electron chi connectivity index (χ1n) is 7.13. The Bertz CT molecular complexity index is 855. The molecule has 1 amide bonds. The lowest BCUT2D eigenvalue weighted by atomic mass is 10.2. The van der Waals surface area contributed by atoms with Gasteiger partial charge in [0.2, 0.25) is 11.9 Å². The highest BCUT2D eigenvalue weighted by atomic mass is 79.9. The van der Waals surface area contributed by atoms with Gasteiger partial charge in [-0.1, -0.05) is 29.8 Å². The van der Waals surface area contributed by atoms with Crippen molar-refractivity contribution in [3.8, 4) is 0 Å². The summed E-state index contributed by atoms with van der Waals surface area (Å²) in [5, 5.41) is 11.8. The van der Waals surface area contributed by atoms with Crippen LogP contribution in [0.4, 0.5) is 5.95 Å². The fourth-order valence-electron chi connectivity index (χ4n) is 2.12. The zero-order chi connectivity index (χ0) is 17.1. The van der Waals surface area contributed by atoms with E-state index in [1.165, 1.54) is 0 Å². The van der Waals surface area contributed by atoms with Crippen molar-refractivity contribution >= 4 is 39.4 Å². The molecule has 0 saturated carbocycles. The van der Waals surface area contributed by atoms with Crippen molar-refractivity contribution in [2.24, 2.45) is 0 Å². The molecule has 0 saturated heterocycles. The third-order valence-corrected chi connectivity index (χ3v) is 4.42. The Hall–Kier alpha value is -2.19. The quantitative estimate of drug-likeness (QED) is 0.703. The lowest BCUT2D eigenvalue weighted by Gasteiger charge is -2.03. The van der Waals surface area contributed by atoms with Gasteiger partial charge >= 0.3 is 0 Å². The molecular formula is C15H14BrClN6O. The lowest BCUT2D eigenvalue weighted by molar-refractivity contribution is -0.116. The predicted octanol–water partition coefficient (Wildman–Crippen LogP) is 2.89. The number of anilines is 1. The molecule has 0 spiro atoms. The molecule has 0 unspecified atom stereocenters. The van der Waals surface area contributed by atoms with Gasteiger partial charge in [-0.05, 0) is 34.5 Å². The number of rotatable bonds is 5. The number of benzene rings is 1. The zero-order valence-electron chi connectivity index (χ0n) is 12.8. The number of carbonyl (C=O) groups excluding carboxylic acids is 1. The Kier molecular flexibility index (Phi) is 4.96. The third kappa shape index (κ3) is 4.01. The summed E-state index contributed by atoms with van der Waals surface area (Å²) in [6.45, 7) is 2.43. The average Bonchev–Trinajstić information content (AvgIpc) is 3.08. The van der Waals surface area contributed by atoms with Crippen LogP contribution in [0.2, 0.25) is 5.02 Å². The molecule has 0 radical (unpaired) electrons. The summed E-state index contributed by atoms with van der Waals surface area (Å²) >= 11 is 9.49. The number of halogens is 2. The highest BCUT2D eigenvalue weighted by molar-refractivity contribution is 9.10. The molecule has 2 aromatic heterocycles. The van der Waals surface area contributed by atoms with Gasteiger partial charge in [-0.25, -0.2) is 9.67 Å². The molecule has 0 aliphatic carbocycles. The summed E-state index contributed by atoms with van der Waals surface area (Å²) < 4.78 is 4.03. The first-order chi connectivity index (χ1) is 11.5. The molecule has 3 aromatic rings. The minimum absolute atomic E-state index is 0.0888. The Morgan fingerprint density at radius 1 is 1.29 bits per heavy atom. The van der Waals surface area contributed by atoms with Crippen LogP contribution in [0.1, 0.15) is 11.3 Å². The van der Waals surface area contributed by atoms with Gasteiger partial charge in [0.15, 0.2) is 0 Å². The largest absolute Gasteiger partial charge is 0.292 e. The molecule has 0 aliphatic rings. The fraction of sp³-hybridized carbons (Fsp3) is 0.200. The van der Waals surface area contributed by atoms with Gasteiger partial charge < -0.3 is 0 Å². The second-order valence-corrected chi connectivity index (χ2v) is 6.43. The van der Waals surface area contributed by atoms with Crippen LogP contribution in [0.25, 0.3) is 0 Å². The van der Waals surface area contributed by atoms with E-state index < -0.39 is 0 Å². The van der Waals surface area contributed by atoms with Crippen LogP contribution in [-0.2, 0) is 17.9 Å². The van der Waals surface area contributed by atoms with Crippen LogP contribution in [0.5, 0.6) is 0 Å². The maximum absolute atomic E-state index is 12.0. The summed E-state index contributed by atoms with van der Waals surface area (Å²) in [7, 11) is 0. The zero-order valence-corrected chi connectivity index (χ0v) is 15.1. The van der Waals surface area contributed by atoms with Crippen molar-refractivity contribution in [3.63, 3.8) is 0 Å². The molecular weight excluding hydrogens is 396 g/mol. The first kappa shape index (κ1) is 16.7. The Morgan fingerprint density at radius 3 is 2.79 bits per heavy atom. The molecule has 7 nitrogen and oxygen atoms in total. The number of nitrogens with one attached hydrogen (secondary N) is 1. The van der Waals surface area contributed by atoms with Crippen molar-refractivity contribution < 1.29 is 4.79 Å². The minimum atomic E-state index is -0.250. The number of hydrogen-bond acceptors (Lipinski definition) is 4. The second kappa shape index (κ2) is 7.14. The summed E-state index contributed by atoms with van der Waals surface area (Å²) in [4.78, 5) is 16.1. The van der Waals surface area contributed by atoms with E-state index in [0.717, 1.165) is 15.7 Å². The topological polar surface area (TPSA) is 77.6 Å². The second-order valence-electron chi connectivity index (χ2n) is 5.17. The van der Waals surface area contributed by atoms with E-state index in [9.17, 15) is 4.79 Å². The Morgan fingerprint density at radius 2 is 2.08 bits per heavy atom. The summed E-state index contributed by atoms with van der Waals surface area (Å²) in [6.07, 6.45) is 3.30. The van der Waals surface area contributed by atoms with E-state index in [2.05, 4.69) is 36.4 Å². The normalized spacial score (nSPS) is 10.8. The van der Waals surface area contributed by atoms with E-state index >= 15 is 0 Å². The van der Waals surface area contributed by atoms with Gasteiger partial charge in [0.25, 0.3) is 0 Å². The summed E-state index contributed by atoms with van der Waals surface area (Å²) in [6, 6.07) is 7.51. The van der Waals surface area contributed by atoms with E-state index in [-0.39, 0.29) is 18.4 Å². The maximum atomic E-state index is 12.0. The highest BCUT2D eigenvalue weighted by Gasteiger charge is 2.10. The van der Waals surface area contributed by atoms with Gasteiger partial charge in [0, 0.05) is 11.2 Å². The van der Waals surface area contributed by atoms with Crippen LogP contribution >= 0.6 is 27.5 Å². The van der Waals surface area contributed by atoms with Crippen molar-refractivity contribution in [3.05, 3.63) is 57.5 Å². The van der Waals surface area contributed by atoms with Crippen LogP contribution < -0.4 is 5.32 Å². The van der Waals surface area contributed by atoms with Gasteiger partial charge in [-0.15, -0.1) is 5.10 Å². The van der Waals surface area contributed by atoms with Crippen LogP contribution in [0.15, 0.2) is 41.3 Å². The SMILES string of the molecule is Cc1nn(CC(=O)Nc2ncn(Cc3ccccc3Cl)n2)cc1Br. The van der Waals surface area contributed by atoms with Gasteiger partial charge in [-0.2, -0.15) is 5.10 Å². The molecule has 1 aromatic carbocycles. The van der Waals surface area contributed by atoms with Crippen molar-refractivity contribution in [2.75, 3.05) is 5.32 Å². The molecule has 2 heterocycles. The average molecular weight is 410 g/mol. The molecule has 0 aliphatic heterocycles. The molecule has 1 N–H and O–H groups in total. The lowest BCUT2D eigenvalue weighted by Crippen LogP contribution is -2.20.